The van der Waals surface area contributed by atoms with Gasteiger partial charge in [0.15, 0.2) is 11.5 Å². The van der Waals surface area contributed by atoms with Crippen LogP contribution in [-0.2, 0) is 6.42 Å². The molecule has 2 aliphatic heterocycles. The van der Waals surface area contributed by atoms with E-state index in [2.05, 4.69) is 34.2 Å². The van der Waals surface area contributed by atoms with E-state index in [0.717, 1.165) is 35.5 Å². The number of hydrogen-bond donors (Lipinski definition) is 1. The number of rotatable bonds is 2. The molecule has 0 amide bonds. The Morgan fingerprint density at radius 2 is 2.00 bits per heavy atom. The first-order valence-corrected chi connectivity index (χ1v) is 7.92. The third-order valence-electron chi connectivity index (χ3n) is 4.04. The van der Waals surface area contributed by atoms with E-state index in [9.17, 15) is 0 Å². The van der Waals surface area contributed by atoms with Crippen LogP contribution < -0.4 is 14.8 Å². The average molecular weight is 326 g/mol. The van der Waals surface area contributed by atoms with E-state index in [4.69, 9.17) is 9.47 Å². The van der Waals surface area contributed by atoms with Crippen LogP contribution in [0, 0.1) is 0 Å². The van der Waals surface area contributed by atoms with Gasteiger partial charge in [0.1, 0.15) is 13.2 Å². The van der Waals surface area contributed by atoms with Gasteiger partial charge in [0.25, 0.3) is 0 Å². The molecule has 4 heteroatoms. The van der Waals surface area contributed by atoms with Crippen molar-refractivity contribution in [3.63, 3.8) is 0 Å². The third-order valence-corrected chi connectivity index (χ3v) is 4.88. The van der Waals surface area contributed by atoms with Gasteiger partial charge in [-0.2, -0.15) is 0 Å². The second-order valence-electron chi connectivity index (χ2n) is 5.16. The van der Waals surface area contributed by atoms with E-state index in [-0.39, 0.29) is 0 Å². The largest absolute Gasteiger partial charge is 0.486 e. The fraction of sp³-hybridized carbons (Fsp3) is 0.600. The summed E-state index contributed by atoms with van der Waals surface area (Å²) in [5.74, 6) is 2.44. The average Bonchev–Trinajstić information content (AvgIpc) is 2.48. The number of nitrogens with one attached hydrogen (secondary N) is 1. The second kappa shape index (κ2) is 5.71. The Balaban J connectivity index is 2.04. The summed E-state index contributed by atoms with van der Waals surface area (Å²) in [6, 6.07) is 2.22. The molecule has 2 aliphatic rings. The van der Waals surface area contributed by atoms with Gasteiger partial charge >= 0.3 is 0 Å². The lowest BCUT2D eigenvalue weighted by atomic mass is 9.86. The summed E-state index contributed by atoms with van der Waals surface area (Å²) in [4.78, 5) is 0. The summed E-state index contributed by atoms with van der Waals surface area (Å²) in [5, 5.41) is 3.43. The summed E-state index contributed by atoms with van der Waals surface area (Å²) < 4.78 is 12.6. The number of halogens is 1. The Morgan fingerprint density at radius 3 is 2.74 bits per heavy atom. The highest BCUT2D eigenvalue weighted by molar-refractivity contribution is 9.10. The van der Waals surface area contributed by atoms with Gasteiger partial charge < -0.3 is 14.8 Å². The molecule has 104 valence electrons. The van der Waals surface area contributed by atoms with Gasteiger partial charge in [0.05, 0.1) is 4.47 Å². The van der Waals surface area contributed by atoms with Crippen LogP contribution in [-0.4, -0.2) is 26.3 Å². The maximum absolute atomic E-state index is 5.76. The molecule has 0 radical (unpaired) electrons. The van der Waals surface area contributed by atoms with Crippen LogP contribution in [0.5, 0.6) is 11.5 Å². The van der Waals surface area contributed by atoms with Crippen molar-refractivity contribution in [1.29, 1.82) is 0 Å². The molecule has 0 aliphatic carbocycles. The van der Waals surface area contributed by atoms with Crippen molar-refractivity contribution in [3.05, 3.63) is 21.7 Å². The minimum absolute atomic E-state index is 0.640. The Bertz CT molecular complexity index is 470. The molecule has 1 aromatic carbocycles. The Morgan fingerprint density at radius 1 is 1.26 bits per heavy atom. The normalized spacial score (nSPS) is 19.5. The van der Waals surface area contributed by atoms with Crippen molar-refractivity contribution in [2.45, 2.75) is 32.1 Å². The fourth-order valence-corrected chi connectivity index (χ4v) is 3.88. The fourth-order valence-electron chi connectivity index (χ4n) is 3.06. The zero-order chi connectivity index (χ0) is 13.2. The highest BCUT2D eigenvalue weighted by Gasteiger charge is 2.25. The molecule has 1 fully saturated rings. The van der Waals surface area contributed by atoms with Crippen molar-refractivity contribution in [2.24, 2.45) is 0 Å². The van der Waals surface area contributed by atoms with Crippen LogP contribution in [0.25, 0.3) is 0 Å². The zero-order valence-electron chi connectivity index (χ0n) is 11.3. The summed E-state index contributed by atoms with van der Waals surface area (Å²) in [6.45, 7) is 5.72. The van der Waals surface area contributed by atoms with Gasteiger partial charge in [0, 0.05) is 0 Å². The molecule has 0 atom stereocenters. The lowest BCUT2D eigenvalue weighted by molar-refractivity contribution is 0.170. The monoisotopic (exact) mass is 325 g/mol. The molecule has 1 N–H and O–H groups in total. The van der Waals surface area contributed by atoms with Crippen LogP contribution in [0.2, 0.25) is 0 Å². The molecular formula is C15H20BrNO2. The van der Waals surface area contributed by atoms with E-state index in [0.29, 0.717) is 19.1 Å². The topological polar surface area (TPSA) is 30.5 Å². The summed E-state index contributed by atoms with van der Waals surface area (Å²) in [7, 11) is 0. The minimum atomic E-state index is 0.640. The van der Waals surface area contributed by atoms with Crippen molar-refractivity contribution in [1.82, 2.24) is 5.32 Å². The van der Waals surface area contributed by atoms with Crippen LogP contribution in [0.1, 0.15) is 36.8 Å². The van der Waals surface area contributed by atoms with Crippen LogP contribution in [0.3, 0.4) is 0 Å². The smallest absolute Gasteiger partial charge is 0.175 e. The molecule has 1 saturated heterocycles. The minimum Gasteiger partial charge on any atom is -0.486 e. The van der Waals surface area contributed by atoms with Crippen LogP contribution in [0.4, 0.5) is 0 Å². The maximum atomic E-state index is 5.76. The third kappa shape index (κ3) is 2.48. The molecular weight excluding hydrogens is 306 g/mol. The molecule has 0 bridgehead atoms. The number of piperidine rings is 1. The maximum Gasteiger partial charge on any atom is 0.175 e. The second-order valence-corrected chi connectivity index (χ2v) is 5.95. The van der Waals surface area contributed by atoms with Crippen molar-refractivity contribution >= 4 is 15.9 Å². The van der Waals surface area contributed by atoms with Gasteiger partial charge in [-0.3, -0.25) is 0 Å². The van der Waals surface area contributed by atoms with Crippen LogP contribution >= 0.6 is 15.9 Å². The molecule has 1 aromatic rings. The molecule has 3 rings (SSSR count). The predicted molar refractivity (Wildman–Crippen MR) is 79.4 cm³/mol. The van der Waals surface area contributed by atoms with Crippen molar-refractivity contribution in [2.75, 3.05) is 26.3 Å². The highest BCUT2D eigenvalue weighted by atomic mass is 79.9. The first-order valence-electron chi connectivity index (χ1n) is 7.12. The molecule has 0 aromatic heterocycles. The van der Waals surface area contributed by atoms with E-state index >= 15 is 0 Å². The van der Waals surface area contributed by atoms with Crippen molar-refractivity contribution < 1.29 is 9.47 Å². The number of ether oxygens (including phenoxy) is 2. The van der Waals surface area contributed by atoms with Gasteiger partial charge in [-0.05, 0) is 71.4 Å². The van der Waals surface area contributed by atoms with E-state index in [1.807, 2.05) is 0 Å². The lowest BCUT2D eigenvalue weighted by Crippen LogP contribution is -2.27. The molecule has 0 spiro atoms. The quantitative estimate of drug-likeness (QED) is 0.905. The van der Waals surface area contributed by atoms with E-state index in [1.165, 1.54) is 24.0 Å². The van der Waals surface area contributed by atoms with Gasteiger partial charge in [0.2, 0.25) is 0 Å². The standard InChI is InChI=1S/C15H20BrNO2/c1-2-11-12(10-3-5-17-6-4-10)9-13-15(14(11)16)19-8-7-18-13/h9-10,17H,2-8H2,1H3. The highest BCUT2D eigenvalue weighted by Crippen LogP contribution is 2.45. The van der Waals surface area contributed by atoms with Crippen LogP contribution in [0.15, 0.2) is 10.5 Å². The van der Waals surface area contributed by atoms with Crippen molar-refractivity contribution in [3.8, 4) is 11.5 Å². The van der Waals surface area contributed by atoms with Gasteiger partial charge in [-0.25, -0.2) is 0 Å². The predicted octanol–water partition coefficient (Wildman–Crippen LogP) is 3.25. The Hall–Kier alpha value is -0.740. The summed E-state index contributed by atoms with van der Waals surface area (Å²) >= 11 is 3.72. The molecule has 2 heterocycles. The number of hydrogen-bond acceptors (Lipinski definition) is 3. The molecule has 0 saturated carbocycles. The Labute approximate surface area is 122 Å². The Kier molecular flexibility index (Phi) is 3.99. The molecule has 3 nitrogen and oxygen atoms in total. The number of benzene rings is 1. The lowest BCUT2D eigenvalue weighted by Gasteiger charge is -2.28. The molecule has 0 unspecified atom stereocenters. The van der Waals surface area contributed by atoms with Gasteiger partial charge in [-0.1, -0.05) is 6.92 Å². The number of fused-ring (bicyclic) bond motifs is 1. The first kappa shape index (κ1) is 13.3. The first-order chi connectivity index (χ1) is 9.31. The van der Waals surface area contributed by atoms with E-state index in [1.54, 1.807) is 0 Å². The SMILES string of the molecule is CCc1c(C2CCNCC2)cc2c(c1Br)OCCO2. The van der Waals surface area contributed by atoms with E-state index < -0.39 is 0 Å². The summed E-state index contributed by atoms with van der Waals surface area (Å²) in [6.07, 6.45) is 3.44. The summed E-state index contributed by atoms with van der Waals surface area (Å²) in [5.41, 5.74) is 2.83. The zero-order valence-corrected chi connectivity index (χ0v) is 12.9. The molecule has 19 heavy (non-hydrogen) atoms. The van der Waals surface area contributed by atoms with Gasteiger partial charge in [-0.15, -0.1) is 0 Å².